The highest BCUT2D eigenvalue weighted by Gasteiger charge is 2.49. The van der Waals surface area contributed by atoms with Gasteiger partial charge in [-0.1, -0.05) is 0 Å². The van der Waals surface area contributed by atoms with E-state index in [1.165, 1.54) is 0 Å². The van der Waals surface area contributed by atoms with Crippen molar-refractivity contribution in [2.45, 2.75) is 37.3 Å². The summed E-state index contributed by atoms with van der Waals surface area (Å²) in [6.45, 7) is 4.95. The van der Waals surface area contributed by atoms with Crippen molar-refractivity contribution in [1.29, 1.82) is 5.26 Å². The van der Waals surface area contributed by atoms with Crippen LogP contribution in [-0.2, 0) is 5.54 Å². The van der Waals surface area contributed by atoms with Gasteiger partial charge in [0, 0.05) is 69.2 Å². The molecule has 2 amide bonds. The third-order valence-corrected chi connectivity index (χ3v) is 7.86. The number of piperazine rings is 1. The number of hydrogen-bond donors (Lipinski definition) is 1. The number of hydrogen-bond acceptors (Lipinski definition) is 7. The van der Waals surface area contributed by atoms with Crippen LogP contribution in [-0.4, -0.2) is 117 Å². The molecule has 1 saturated heterocycles. The molecule has 2 aliphatic rings. The Morgan fingerprint density at radius 1 is 1.19 bits per heavy atom. The fraction of sp³-hybridized carbons (Fsp3) is 0.577. The lowest BCUT2D eigenvalue weighted by Crippen LogP contribution is -2.61. The molecule has 37 heavy (non-hydrogen) atoms. The summed E-state index contributed by atoms with van der Waals surface area (Å²) in [5, 5.41) is 15.3. The summed E-state index contributed by atoms with van der Waals surface area (Å²) in [6.07, 6.45) is 10.4. The molecule has 3 aromatic rings. The van der Waals surface area contributed by atoms with Gasteiger partial charge in [-0.05, 0) is 46.0 Å². The molecule has 0 unspecified atom stereocenters. The molecule has 1 N–H and O–H groups in total. The third-order valence-electron chi connectivity index (χ3n) is 7.86. The number of aromatic amines is 1. The van der Waals surface area contributed by atoms with E-state index in [9.17, 15) is 10.1 Å². The zero-order chi connectivity index (χ0) is 26.0. The Morgan fingerprint density at radius 3 is 2.70 bits per heavy atom. The first-order valence-corrected chi connectivity index (χ1v) is 13.0. The Hall–Kier alpha value is -3.49. The van der Waals surface area contributed by atoms with Gasteiger partial charge in [0.25, 0.3) is 0 Å². The summed E-state index contributed by atoms with van der Waals surface area (Å²) in [4.78, 5) is 33.2. The molecule has 1 aliphatic heterocycles. The monoisotopic (exact) mass is 504 g/mol. The van der Waals surface area contributed by atoms with E-state index in [4.69, 9.17) is 0 Å². The van der Waals surface area contributed by atoms with E-state index in [-0.39, 0.29) is 11.6 Å². The molecule has 3 aromatic heterocycles. The molecule has 1 saturated carbocycles. The number of carbonyl (C=O) groups is 1. The Balaban J connectivity index is 1.18. The van der Waals surface area contributed by atoms with Gasteiger partial charge in [-0.25, -0.2) is 14.8 Å². The molecule has 0 spiro atoms. The predicted octanol–water partition coefficient (Wildman–Crippen LogP) is 2.21. The topological polar surface area (TPSA) is 113 Å². The van der Waals surface area contributed by atoms with Gasteiger partial charge in [-0.2, -0.15) is 10.4 Å². The molecular weight excluding hydrogens is 468 g/mol. The van der Waals surface area contributed by atoms with E-state index in [0.717, 1.165) is 80.8 Å². The maximum Gasteiger partial charge on any atom is 0.319 e. The van der Waals surface area contributed by atoms with Crippen LogP contribution >= 0.6 is 0 Å². The molecule has 0 bridgehead atoms. The quantitative estimate of drug-likeness (QED) is 0.500. The summed E-state index contributed by atoms with van der Waals surface area (Å²) in [5.41, 5.74) is 2.26. The fourth-order valence-corrected chi connectivity index (χ4v) is 5.68. The van der Waals surface area contributed by atoms with Gasteiger partial charge in [-0.15, -0.1) is 0 Å². The Kier molecular flexibility index (Phi) is 7.13. The standard InChI is InChI=1S/C26H36N10O/c1-32(2)9-4-10-33(3)25(37)35-13-11-34(12-14-35)21-15-26(16-21,6-7-27)36-18-20(17-31-36)23-22-5-8-28-24(22)30-19-29-23/h5,8,17-19,21H,4,6,9-16H2,1-3H3,(H,28,29,30). The van der Waals surface area contributed by atoms with Gasteiger partial charge in [0.1, 0.15) is 12.0 Å². The van der Waals surface area contributed by atoms with Crippen LogP contribution < -0.4 is 0 Å². The van der Waals surface area contributed by atoms with E-state index < -0.39 is 0 Å². The van der Waals surface area contributed by atoms with Crippen LogP contribution in [0.3, 0.4) is 0 Å². The zero-order valence-electron chi connectivity index (χ0n) is 22.0. The Bertz CT molecular complexity index is 1260. The zero-order valence-corrected chi connectivity index (χ0v) is 22.0. The lowest BCUT2D eigenvalue weighted by Gasteiger charge is -2.52. The first-order chi connectivity index (χ1) is 17.9. The van der Waals surface area contributed by atoms with Crippen LogP contribution in [0.2, 0.25) is 0 Å². The fourth-order valence-electron chi connectivity index (χ4n) is 5.68. The van der Waals surface area contributed by atoms with E-state index >= 15 is 0 Å². The third kappa shape index (κ3) is 5.04. The normalized spacial score (nSPS) is 22.2. The van der Waals surface area contributed by atoms with Crippen molar-refractivity contribution in [2.24, 2.45) is 0 Å². The van der Waals surface area contributed by atoms with Crippen molar-refractivity contribution in [2.75, 3.05) is 60.4 Å². The SMILES string of the molecule is CN(C)CCCN(C)C(=O)N1CCN(C2CC(CC#N)(n3cc(-c4ncnc5[nH]ccc45)cn3)C2)CC1. The van der Waals surface area contributed by atoms with Gasteiger partial charge in [0.2, 0.25) is 0 Å². The van der Waals surface area contributed by atoms with E-state index in [0.29, 0.717) is 12.5 Å². The number of nitriles is 1. The first-order valence-electron chi connectivity index (χ1n) is 13.0. The number of aromatic nitrogens is 5. The largest absolute Gasteiger partial charge is 0.346 e. The number of urea groups is 1. The molecule has 196 valence electrons. The molecule has 1 aliphatic carbocycles. The number of fused-ring (bicyclic) bond motifs is 1. The van der Waals surface area contributed by atoms with Gasteiger partial charge < -0.3 is 19.7 Å². The predicted molar refractivity (Wildman–Crippen MR) is 141 cm³/mol. The minimum Gasteiger partial charge on any atom is -0.346 e. The number of rotatable bonds is 8. The van der Waals surface area contributed by atoms with E-state index in [1.54, 1.807) is 6.33 Å². The van der Waals surface area contributed by atoms with E-state index in [1.807, 2.05) is 46.2 Å². The Morgan fingerprint density at radius 2 is 1.97 bits per heavy atom. The van der Waals surface area contributed by atoms with Crippen LogP contribution in [0.15, 0.2) is 31.0 Å². The summed E-state index contributed by atoms with van der Waals surface area (Å²) in [7, 11) is 6.00. The number of nitrogens with zero attached hydrogens (tertiary/aromatic N) is 9. The molecule has 11 nitrogen and oxygen atoms in total. The first kappa shape index (κ1) is 25.2. The summed E-state index contributed by atoms with van der Waals surface area (Å²) >= 11 is 0. The van der Waals surface area contributed by atoms with Crippen molar-refractivity contribution >= 4 is 17.1 Å². The molecule has 0 radical (unpaired) electrons. The summed E-state index contributed by atoms with van der Waals surface area (Å²) in [6, 6.07) is 4.88. The van der Waals surface area contributed by atoms with Crippen molar-refractivity contribution in [3.63, 3.8) is 0 Å². The molecule has 0 aromatic carbocycles. The van der Waals surface area contributed by atoms with E-state index in [2.05, 4.69) is 50.0 Å². The van der Waals surface area contributed by atoms with Crippen molar-refractivity contribution in [3.05, 3.63) is 31.0 Å². The second-order valence-electron chi connectivity index (χ2n) is 10.6. The maximum atomic E-state index is 12.9. The molecular formula is C26H36N10O. The van der Waals surface area contributed by atoms with Crippen LogP contribution in [0.1, 0.15) is 25.7 Å². The second kappa shape index (κ2) is 10.5. The van der Waals surface area contributed by atoms with Crippen molar-refractivity contribution < 1.29 is 4.79 Å². The van der Waals surface area contributed by atoms with Crippen molar-refractivity contribution in [1.82, 2.24) is 44.3 Å². The highest BCUT2D eigenvalue weighted by Crippen LogP contribution is 2.45. The maximum absolute atomic E-state index is 12.9. The van der Waals surface area contributed by atoms with Crippen LogP contribution in [0, 0.1) is 11.3 Å². The van der Waals surface area contributed by atoms with Crippen LogP contribution in [0.25, 0.3) is 22.3 Å². The minimum absolute atomic E-state index is 0.121. The van der Waals surface area contributed by atoms with Crippen LogP contribution in [0.4, 0.5) is 4.79 Å². The average Bonchev–Trinajstić information content (AvgIpc) is 3.55. The molecule has 2 fully saturated rings. The highest BCUT2D eigenvalue weighted by molar-refractivity contribution is 5.90. The number of amides is 2. The lowest BCUT2D eigenvalue weighted by molar-refractivity contribution is -0.0144. The number of H-pyrrole nitrogens is 1. The summed E-state index contributed by atoms with van der Waals surface area (Å²) < 4.78 is 1.98. The second-order valence-corrected chi connectivity index (χ2v) is 10.6. The lowest BCUT2D eigenvalue weighted by atomic mass is 9.70. The number of carbonyl (C=O) groups excluding carboxylic acids is 1. The van der Waals surface area contributed by atoms with Gasteiger partial charge in [0.05, 0.1) is 29.9 Å². The molecule has 5 rings (SSSR count). The van der Waals surface area contributed by atoms with Crippen molar-refractivity contribution in [3.8, 4) is 17.3 Å². The molecule has 0 atom stereocenters. The van der Waals surface area contributed by atoms with Crippen LogP contribution in [0.5, 0.6) is 0 Å². The smallest absolute Gasteiger partial charge is 0.319 e. The van der Waals surface area contributed by atoms with Gasteiger partial charge in [0.15, 0.2) is 0 Å². The van der Waals surface area contributed by atoms with Gasteiger partial charge >= 0.3 is 6.03 Å². The summed E-state index contributed by atoms with van der Waals surface area (Å²) in [5.74, 6) is 0. The van der Waals surface area contributed by atoms with Gasteiger partial charge in [-0.3, -0.25) is 9.58 Å². The Labute approximate surface area is 217 Å². The molecule has 4 heterocycles. The number of nitrogens with one attached hydrogen (secondary N) is 1. The molecule has 11 heteroatoms. The average molecular weight is 505 g/mol. The highest BCUT2D eigenvalue weighted by atomic mass is 16.2. The minimum atomic E-state index is -0.304.